The average molecular weight is 600 g/mol. The van der Waals surface area contributed by atoms with Gasteiger partial charge in [0.1, 0.15) is 29.9 Å². The molecule has 9 nitrogen and oxygen atoms in total. The zero-order valence-corrected chi connectivity index (χ0v) is 25.8. The van der Waals surface area contributed by atoms with Crippen molar-refractivity contribution in [2.24, 2.45) is 0 Å². The molecule has 0 heterocycles. The van der Waals surface area contributed by atoms with Gasteiger partial charge in [0.15, 0.2) is 0 Å². The number of hydrogen-bond acceptors (Lipinski definition) is 6. The molecule has 42 heavy (non-hydrogen) atoms. The van der Waals surface area contributed by atoms with Crippen LogP contribution >= 0.6 is 0 Å². The minimum atomic E-state index is -4.34. The molecule has 0 aromatic heterocycles. The Morgan fingerprint density at radius 2 is 1.62 bits per heavy atom. The average Bonchev–Trinajstić information content (AvgIpc) is 2.93. The van der Waals surface area contributed by atoms with Crippen molar-refractivity contribution in [3.63, 3.8) is 0 Å². The highest BCUT2D eigenvalue weighted by Crippen LogP contribution is 2.36. The minimum absolute atomic E-state index is 0.0510. The number of hydrogen-bond donors (Lipinski definition) is 1. The van der Waals surface area contributed by atoms with Gasteiger partial charge in [-0.2, -0.15) is 0 Å². The fourth-order valence-corrected chi connectivity index (χ4v) is 5.63. The Kier molecular flexibility index (Phi) is 10.2. The van der Waals surface area contributed by atoms with E-state index in [0.717, 1.165) is 9.87 Å². The number of nitrogens with zero attached hydrogens (tertiary/aromatic N) is 2. The summed E-state index contributed by atoms with van der Waals surface area (Å²) >= 11 is 0. The molecule has 1 atom stereocenters. The van der Waals surface area contributed by atoms with Crippen molar-refractivity contribution in [1.82, 2.24) is 10.2 Å². The number of nitrogens with one attached hydrogen (secondary N) is 1. The van der Waals surface area contributed by atoms with Crippen molar-refractivity contribution in [2.45, 2.75) is 57.6 Å². The van der Waals surface area contributed by atoms with E-state index in [9.17, 15) is 22.4 Å². The number of methoxy groups -OCH3 is 2. The molecule has 0 aliphatic heterocycles. The zero-order chi connectivity index (χ0) is 31.2. The fraction of sp³-hybridized carbons (Fsp3) is 0.355. The monoisotopic (exact) mass is 599 g/mol. The Bertz CT molecular complexity index is 1520. The molecular weight excluding hydrogens is 561 g/mol. The maximum Gasteiger partial charge on any atom is 0.264 e. The van der Waals surface area contributed by atoms with E-state index in [0.29, 0.717) is 5.75 Å². The molecule has 0 radical (unpaired) electrons. The van der Waals surface area contributed by atoms with Gasteiger partial charge in [-0.15, -0.1) is 0 Å². The van der Waals surface area contributed by atoms with E-state index < -0.39 is 45.8 Å². The molecule has 3 rings (SSSR count). The van der Waals surface area contributed by atoms with Gasteiger partial charge in [-0.3, -0.25) is 13.9 Å². The molecule has 0 aliphatic carbocycles. The molecule has 0 saturated heterocycles. The molecular formula is C31H38FN3O6S. The summed E-state index contributed by atoms with van der Waals surface area (Å²) in [6, 6.07) is 15.6. The number of rotatable bonds is 11. The minimum Gasteiger partial charge on any atom is -0.497 e. The van der Waals surface area contributed by atoms with E-state index in [-0.39, 0.29) is 28.4 Å². The molecule has 0 bridgehead atoms. The first kappa shape index (κ1) is 32.4. The van der Waals surface area contributed by atoms with Gasteiger partial charge >= 0.3 is 0 Å². The Morgan fingerprint density at radius 1 is 0.976 bits per heavy atom. The first-order valence-corrected chi connectivity index (χ1v) is 14.8. The highest BCUT2D eigenvalue weighted by molar-refractivity contribution is 7.92. The van der Waals surface area contributed by atoms with E-state index in [1.54, 1.807) is 45.0 Å². The third-order valence-corrected chi connectivity index (χ3v) is 8.28. The van der Waals surface area contributed by atoms with Gasteiger partial charge in [0.2, 0.25) is 11.8 Å². The lowest BCUT2D eigenvalue weighted by Crippen LogP contribution is -2.54. The number of aryl methyl sites for hydroxylation is 1. The van der Waals surface area contributed by atoms with Crippen LogP contribution in [-0.2, 0) is 26.2 Å². The topological polar surface area (TPSA) is 105 Å². The normalized spacial score (nSPS) is 12.3. The van der Waals surface area contributed by atoms with Gasteiger partial charge in [-0.1, -0.05) is 35.9 Å². The summed E-state index contributed by atoms with van der Waals surface area (Å²) in [6.45, 7) is 7.76. The summed E-state index contributed by atoms with van der Waals surface area (Å²) < 4.78 is 54.6. The van der Waals surface area contributed by atoms with Crippen molar-refractivity contribution in [1.29, 1.82) is 0 Å². The molecule has 1 N–H and O–H groups in total. The maximum absolute atomic E-state index is 14.7. The van der Waals surface area contributed by atoms with Gasteiger partial charge in [0, 0.05) is 23.7 Å². The number of amides is 2. The number of sulfonamides is 1. The molecule has 0 aliphatic rings. The van der Waals surface area contributed by atoms with Crippen LogP contribution in [0.25, 0.3) is 0 Å². The molecule has 1 unspecified atom stereocenters. The Morgan fingerprint density at radius 3 is 2.19 bits per heavy atom. The largest absolute Gasteiger partial charge is 0.497 e. The van der Waals surface area contributed by atoms with Gasteiger partial charge < -0.3 is 19.7 Å². The third kappa shape index (κ3) is 7.79. The zero-order valence-electron chi connectivity index (χ0n) is 25.0. The van der Waals surface area contributed by atoms with E-state index in [1.807, 2.05) is 6.92 Å². The van der Waals surface area contributed by atoms with Gasteiger partial charge in [0.05, 0.1) is 24.8 Å². The number of carbonyl (C=O) groups is 2. The smallest absolute Gasteiger partial charge is 0.264 e. The molecule has 3 aromatic rings. The Labute approximate surface area is 247 Å². The number of anilines is 1. The number of carbonyl (C=O) groups excluding carboxylic acids is 2. The molecule has 0 saturated carbocycles. The summed E-state index contributed by atoms with van der Waals surface area (Å²) in [5, 5.41) is 2.84. The van der Waals surface area contributed by atoms with Crippen LogP contribution in [0.3, 0.4) is 0 Å². The molecule has 0 spiro atoms. The van der Waals surface area contributed by atoms with Crippen LogP contribution in [-0.4, -0.2) is 57.5 Å². The predicted molar refractivity (Wildman–Crippen MR) is 160 cm³/mol. The van der Waals surface area contributed by atoms with Crippen molar-refractivity contribution in [3.05, 3.63) is 83.7 Å². The van der Waals surface area contributed by atoms with Crippen LogP contribution in [0.2, 0.25) is 0 Å². The van der Waals surface area contributed by atoms with Crippen LogP contribution in [0.15, 0.2) is 71.6 Å². The number of benzene rings is 3. The molecule has 0 fully saturated rings. The number of ether oxygens (including phenoxy) is 2. The SMILES string of the molecule is COc1ccc(OC)c(N(CC(=O)N(Cc2ccccc2F)C(C)C(=O)NC(C)(C)C)S(=O)(=O)c2ccc(C)cc2)c1. The second-order valence-corrected chi connectivity index (χ2v) is 12.8. The van der Waals surface area contributed by atoms with Crippen LogP contribution in [0.1, 0.15) is 38.8 Å². The summed E-state index contributed by atoms with van der Waals surface area (Å²) in [5.74, 6) is -1.24. The van der Waals surface area contributed by atoms with E-state index in [4.69, 9.17) is 9.47 Å². The first-order valence-electron chi connectivity index (χ1n) is 13.3. The molecule has 2 amide bonds. The standard InChI is InChI=1S/C31H38FN3O6S/c1-21-12-15-25(16-13-21)42(38,39)35(27-18-24(40-6)14-17-28(27)41-7)20-29(36)34(19-23-10-8-9-11-26(23)32)22(2)30(37)33-31(3,4)5/h8-18,22H,19-20H2,1-7H3,(H,33,37). The second kappa shape index (κ2) is 13.2. The lowest BCUT2D eigenvalue weighted by atomic mass is 10.1. The van der Waals surface area contributed by atoms with Crippen LogP contribution in [0, 0.1) is 12.7 Å². The van der Waals surface area contributed by atoms with Crippen LogP contribution in [0.4, 0.5) is 10.1 Å². The second-order valence-electron chi connectivity index (χ2n) is 10.9. The Hall–Kier alpha value is -4.12. The third-order valence-electron chi connectivity index (χ3n) is 6.51. The lowest BCUT2D eigenvalue weighted by Gasteiger charge is -2.33. The number of halogens is 1. The lowest BCUT2D eigenvalue weighted by molar-refractivity contribution is -0.140. The summed E-state index contributed by atoms with van der Waals surface area (Å²) in [7, 11) is -1.52. The predicted octanol–water partition coefficient (Wildman–Crippen LogP) is 4.68. The highest BCUT2D eigenvalue weighted by Gasteiger charge is 2.35. The molecule has 226 valence electrons. The van der Waals surface area contributed by atoms with E-state index in [1.165, 1.54) is 68.5 Å². The van der Waals surface area contributed by atoms with Crippen molar-refractivity contribution < 1.29 is 31.9 Å². The van der Waals surface area contributed by atoms with Gasteiger partial charge in [-0.25, -0.2) is 12.8 Å². The Balaban J connectivity index is 2.14. The fourth-order valence-electron chi connectivity index (χ4n) is 4.21. The quantitative estimate of drug-likeness (QED) is 0.343. The van der Waals surface area contributed by atoms with Crippen molar-refractivity contribution in [2.75, 3.05) is 25.1 Å². The van der Waals surface area contributed by atoms with Crippen LogP contribution in [0.5, 0.6) is 11.5 Å². The highest BCUT2D eigenvalue weighted by atomic mass is 32.2. The summed E-state index contributed by atoms with van der Waals surface area (Å²) in [6.07, 6.45) is 0. The molecule has 3 aromatic carbocycles. The summed E-state index contributed by atoms with van der Waals surface area (Å²) in [4.78, 5) is 28.4. The van der Waals surface area contributed by atoms with Gasteiger partial charge in [-0.05, 0) is 65.0 Å². The van der Waals surface area contributed by atoms with E-state index in [2.05, 4.69) is 5.32 Å². The van der Waals surface area contributed by atoms with Crippen LogP contribution < -0.4 is 19.1 Å². The molecule has 11 heteroatoms. The van der Waals surface area contributed by atoms with E-state index >= 15 is 0 Å². The summed E-state index contributed by atoms with van der Waals surface area (Å²) in [5.41, 5.74) is 0.481. The van der Waals surface area contributed by atoms with Gasteiger partial charge in [0.25, 0.3) is 10.0 Å². The van der Waals surface area contributed by atoms with Crippen molar-refractivity contribution >= 4 is 27.5 Å². The van der Waals surface area contributed by atoms with Crippen molar-refractivity contribution in [3.8, 4) is 11.5 Å². The maximum atomic E-state index is 14.7. The first-order chi connectivity index (χ1) is 19.7.